The molecule has 11 atom stereocenters. The lowest BCUT2D eigenvalue weighted by molar-refractivity contribution is -0.397. The molecule has 3 saturated carbocycles. The minimum Gasteiger partial charge on any atom is -0.458 e. The number of hydrogen-bond acceptors (Lipinski definition) is 7. The van der Waals surface area contributed by atoms with Crippen molar-refractivity contribution in [3.05, 3.63) is 23.3 Å². The topological polar surface area (TPSA) is 106 Å². The van der Waals surface area contributed by atoms with Gasteiger partial charge in [-0.2, -0.15) is 0 Å². The van der Waals surface area contributed by atoms with Crippen molar-refractivity contribution in [1.82, 2.24) is 0 Å². The van der Waals surface area contributed by atoms with Crippen molar-refractivity contribution >= 4 is 11.8 Å². The molecule has 0 amide bonds. The van der Waals surface area contributed by atoms with Gasteiger partial charge < -0.3 is 24.4 Å². The van der Waals surface area contributed by atoms with Crippen molar-refractivity contribution in [2.24, 2.45) is 34.5 Å². The lowest BCUT2D eigenvalue weighted by Crippen LogP contribution is -2.75. The predicted octanol–water partition coefficient (Wildman–Crippen LogP) is 2.83. The molecule has 2 saturated heterocycles. The Morgan fingerprint density at radius 1 is 1.09 bits per heavy atom. The van der Waals surface area contributed by atoms with Crippen LogP contribution in [0, 0.1) is 34.5 Å². The minimum atomic E-state index is -1.56. The summed E-state index contributed by atoms with van der Waals surface area (Å²) in [6, 6.07) is 0. The van der Waals surface area contributed by atoms with E-state index < -0.39 is 39.8 Å². The molecule has 0 unspecified atom stereocenters. The molecule has 0 bridgehead atoms. The van der Waals surface area contributed by atoms with E-state index in [2.05, 4.69) is 0 Å². The van der Waals surface area contributed by atoms with Crippen LogP contribution in [-0.2, 0) is 23.8 Å². The third kappa shape index (κ3) is 2.30. The fourth-order valence-corrected chi connectivity index (χ4v) is 9.87. The van der Waals surface area contributed by atoms with Crippen molar-refractivity contribution in [1.29, 1.82) is 0 Å². The fourth-order valence-electron chi connectivity index (χ4n) is 9.87. The number of hydrogen-bond donors (Lipinski definition) is 2. The van der Waals surface area contributed by atoms with E-state index in [-0.39, 0.29) is 42.2 Å². The van der Waals surface area contributed by atoms with Crippen molar-refractivity contribution in [3.8, 4) is 0 Å². The third-order valence-electron chi connectivity index (χ3n) is 12.2. The van der Waals surface area contributed by atoms with Gasteiger partial charge in [0.15, 0.2) is 11.6 Å². The highest BCUT2D eigenvalue weighted by Gasteiger charge is 2.83. The van der Waals surface area contributed by atoms with Gasteiger partial charge in [0.25, 0.3) is 0 Å². The second kappa shape index (κ2) is 6.47. The number of carbonyl (C=O) groups is 2. The standard InChI is InChI=1S/C28H36O7/c1-14-10-20(34-23(30)15(14)2)19-13-33-28(32)12-18-16(17-7-9-26(19,31)25(17,28)4)11-22-27(35-22)8-5-6-21(29)24(18,27)3/h5-6,16-20,22,31-32H,7-13H2,1-4H3/t16-,17-,18-,19+,20+,22+,24-,25-,26+,27+,28-/m0/s1. The van der Waals surface area contributed by atoms with E-state index in [1.165, 1.54) is 0 Å². The molecule has 35 heavy (non-hydrogen) atoms. The molecular formula is C28H36O7. The quantitative estimate of drug-likeness (QED) is 0.436. The Balaban J connectivity index is 1.29. The van der Waals surface area contributed by atoms with Crippen LogP contribution in [-0.4, -0.2) is 57.8 Å². The largest absolute Gasteiger partial charge is 0.458 e. The second-order valence-electron chi connectivity index (χ2n) is 12.9. The van der Waals surface area contributed by atoms with Crippen LogP contribution in [0.2, 0.25) is 0 Å². The van der Waals surface area contributed by atoms with Crippen molar-refractivity contribution in [2.45, 2.75) is 95.4 Å². The van der Waals surface area contributed by atoms with Crippen LogP contribution in [0.4, 0.5) is 0 Å². The van der Waals surface area contributed by atoms with E-state index in [4.69, 9.17) is 14.2 Å². The van der Waals surface area contributed by atoms with Crippen LogP contribution in [0.25, 0.3) is 0 Å². The maximum absolute atomic E-state index is 13.4. The Bertz CT molecular complexity index is 1110. The van der Waals surface area contributed by atoms with Gasteiger partial charge in [0.05, 0.1) is 29.1 Å². The summed E-state index contributed by atoms with van der Waals surface area (Å²) in [7, 11) is 0. The summed E-state index contributed by atoms with van der Waals surface area (Å²) in [6.45, 7) is 7.85. The van der Waals surface area contributed by atoms with E-state index >= 15 is 0 Å². The number of epoxide rings is 1. The van der Waals surface area contributed by atoms with Crippen molar-refractivity contribution < 1.29 is 34.0 Å². The summed E-state index contributed by atoms with van der Waals surface area (Å²) in [5.41, 5.74) is -1.72. The SMILES string of the molecule is CC1=C(C)C(=O)O[C@@H]([C@H]2CO[C@@]3(O)C[C@H]4[C@@H](C[C@H]5O[C@]56CC=CC(=O)[C@]46C)[C@@H]4CC[C@]2(O)[C@]43C)C1. The highest BCUT2D eigenvalue weighted by molar-refractivity contribution is 5.97. The monoisotopic (exact) mass is 484 g/mol. The molecule has 1 spiro atoms. The molecule has 3 heterocycles. The maximum atomic E-state index is 13.4. The molecule has 0 aromatic heterocycles. The fraction of sp³-hybridized carbons (Fsp3) is 0.786. The number of cyclic esters (lactones) is 1. The molecular weight excluding hydrogens is 448 g/mol. The zero-order chi connectivity index (χ0) is 24.8. The number of allylic oxidation sites excluding steroid dienone is 1. The zero-order valence-corrected chi connectivity index (χ0v) is 21.0. The first-order valence-corrected chi connectivity index (χ1v) is 13.3. The summed E-state index contributed by atoms with van der Waals surface area (Å²) in [6.07, 6.45) is 6.90. The van der Waals surface area contributed by atoms with E-state index in [0.29, 0.717) is 24.8 Å². The van der Waals surface area contributed by atoms with Gasteiger partial charge in [0.2, 0.25) is 0 Å². The third-order valence-corrected chi connectivity index (χ3v) is 12.2. The van der Waals surface area contributed by atoms with Crippen molar-refractivity contribution in [2.75, 3.05) is 6.61 Å². The average Bonchev–Trinajstić information content (AvgIpc) is 3.43. The maximum Gasteiger partial charge on any atom is 0.333 e. The van der Waals surface area contributed by atoms with Gasteiger partial charge in [0.1, 0.15) is 11.7 Å². The number of aliphatic hydroxyl groups is 2. The Morgan fingerprint density at radius 2 is 1.86 bits per heavy atom. The van der Waals surface area contributed by atoms with Gasteiger partial charge in [-0.05, 0) is 70.3 Å². The number of fused-ring (bicyclic) bond motifs is 3. The molecule has 7 rings (SSSR count). The normalized spacial score (nSPS) is 58.2. The lowest BCUT2D eigenvalue weighted by Gasteiger charge is -2.67. The molecule has 5 fully saturated rings. The first-order valence-electron chi connectivity index (χ1n) is 13.3. The molecule has 0 aromatic rings. The summed E-state index contributed by atoms with van der Waals surface area (Å²) in [5, 5.41) is 24.7. The number of carbonyl (C=O) groups excluding carboxylic acids is 2. The van der Waals surface area contributed by atoms with Gasteiger partial charge in [-0.25, -0.2) is 4.79 Å². The zero-order valence-electron chi connectivity index (χ0n) is 21.0. The molecule has 190 valence electrons. The Morgan fingerprint density at radius 3 is 2.60 bits per heavy atom. The molecule has 3 aliphatic heterocycles. The highest BCUT2D eigenvalue weighted by Crippen LogP contribution is 2.76. The summed E-state index contributed by atoms with van der Waals surface area (Å²) in [4.78, 5) is 25.9. The Kier molecular flexibility index (Phi) is 4.19. The van der Waals surface area contributed by atoms with Crippen LogP contribution in [0.5, 0.6) is 0 Å². The molecule has 2 N–H and O–H groups in total. The van der Waals surface area contributed by atoms with E-state index in [9.17, 15) is 19.8 Å². The summed E-state index contributed by atoms with van der Waals surface area (Å²) in [5.74, 6) is -2.19. The molecule has 0 radical (unpaired) electrons. The molecule has 0 aromatic carbocycles. The van der Waals surface area contributed by atoms with Crippen molar-refractivity contribution in [3.63, 3.8) is 0 Å². The lowest BCUT2D eigenvalue weighted by atomic mass is 9.42. The first kappa shape index (κ1) is 22.6. The number of ether oxygens (including phenoxy) is 3. The Hall–Kier alpha value is -1.54. The van der Waals surface area contributed by atoms with E-state index in [1.54, 1.807) is 13.0 Å². The Labute approximate surface area is 205 Å². The van der Waals surface area contributed by atoms with Crippen LogP contribution in [0.1, 0.15) is 66.2 Å². The molecule has 4 aliphatic carbocycles. The molecule has 7 nitrogen and oxygen atoms in total. The predicted molar refractivity (Wildman–Crippen MR) is 124 cm³/mol. The average molecular weight is 485 g/mol. The van der Waals surface area contributed by atoms with Crippen LogP contribution in [0.3, 0.4) is 0 Å². The summed E-state index contributed by atoms with van der Waals surface area (Å²) < 4.78 is 18.5. The van der Waals surface area contributed by atoms with Crippen LogP contribution in [0.15, 0.2) is 23.3 Å². The van der Waals surface area contributed by atoms with Crippen LogP contribution >= 0.6 is 0 Å². The molecule has 7 heteroatoms. The summed E-state index contributed by atoms with van der Waals surface area (Å²) >= 11 is 0. The smallest absolute Gasteiger partial charge is 0.333 e. The molecule has 7 aliphatic rings. The van der Waals surface area contributed by atoms with E-state index in [0.717, 1.165) is 24.8 Å². The minimum absolute atomic E-state index is 0.0190. The van der Waals surface area contributed by atoms with Gasteiger partial charge >= 0.3 is 5.97 Å². The number of rotatable bonds is 1. The number of esters is 1. The first-order chi connectivity index (χ1) is 16.4. The van der Waals surface area contributed by atoms with Gasteiger partial charge in [-0.15, -0.1) is 0 Å². The van der Waals surface area contributed by atoms with Gasteiger partial charge in [-0.1, -0.05) is 18.6 Å². The van der Waals surface area contributed by atoms with Gasteiger partial charge in [-0.3, -0.25) is 4.79 Å². The van der Waals surface area contributed by atoms with E-state index in [1.807, 2.05) is 26.8 Å². The highest BCUT2D eigenvalue weighted by atomic mass is 16.6. The van der Waals surface area contributed by atoms with Crippen LogP contribution < -0.4 is 0 Å². The number of ketones is 1. The van der Waals surface area contributed by atoms with Gasteiger partial charge in [0, 0.05) is 24.3 Å². The second-order valence-corrected chi connectivity index (χ2v) is 12.9.